The maximum atomic E-state index is 11.8. The maximum Gasteiger partial charge on any atom is 0.321 e. The largest absolute Gasteiger partial charge is 0.325 e. The van der Waals surface area contributed by atoms with E-state index in [0.717, 1.165) is 12.1 Å². The summed E-state index contributed by atoms with van der Waals surface area (Å²) in [6.07, 6.45) is 0.935. The van der Waals surface area contributed by atoms with E-state index in [4.69, 9.17) is 11.6 Å². The second kappa shape index (κ2) is 5.75. The van der Waals surface area contributed by atoms with E-state index in [1.165, 1.54) is 0 Å². The third kappa shape index (κ3) is 3.42. The Hall–Kier alpha value is -1.22. The maximum absolute atomic E-state index is 11.8. The molecule has 4 heteroatoms. The predicted molar refractivity (Wildman–Crippen MR) is 68.0 cm³/mol. The molecule has 3 nitrogen and oxygen atoms in total. The molecule has 0 heterocycles. The Morgan fingerprint density at radius 3 is 2.50 bits per heavy atom. The monoisotopic (exact) mass is 240 g/mol. The van der Waals surface area contributed by atoms with Crippen LogP contribution < -0.4 is 5.32 Å². The van der Waals surface area contributed by atoms with Crippen LogP contribution in [0.2, 0.25) is 5.02 Å². The van der Waals surface area contributed by atoms with Crippen LogP contribution in [-0.4, -0.2) is 24.0 Å². The number of carbonyl (C=O) groups excluding carboxylic acids is 1. The standard InChI is InChI=1S/C12H17ClN2O/c1-4-9(2)15(3)12(16)14-11-7-5-10(13)6-8-11/h5-9H,4H2,1-3H3,(H,14,16)/t9-/m0/s1. The van der Waals surface area contributed by atoms with Gasteiger partial charge in [-0.2, -0.15) is 0 Å². The highest BCUT2D eigenvalue weighted by molar-refractivity contribution is 6.30. The van der Waals surface area contributed by atoms with Gasteiger partial charge in [-0.05, 0) is 37.6 Å². The molecule has 1 N–H and O–H groups in total. The number of carbonyl (C=O) groups is 1. The van der Waals surface area contributed by atoms with Gasteiger partial charge in [-0.15, -0.1) is 0 Å². The molecular formula is C12H17ClN2O. The molecule has 0 aliphatic rings. The molecule has 0 aliphatic heterocycles. The Kier molecular flexibility index (Phi) is 4.62. The highest BCUT2D eigenvalue weighted by atomic mass is 35.5. The number of anilines is 1. The Bertz CT molecular complexity index is 351. The van der Waals surface area contributed by atoms with E-state index < -0.39 is 0 Å². The van der Waals surface area contributed by atoms with Gasteiger partial charge in [0.05, 0.1) is 0 Å². The van der Waals surface area contributed by atoms with Gasteiger partial charge in [-0.25, -0.2) is 4.79 Å². The van der Waals surface area contributed by atoms with Crippen molar-refractivity contribution in [3.8, 4) is 0 Å². The molecule has 0 fully saturated rings. The number of rotatable bonds is 3. The van der Waals surface area contributed by atoms with Gasteiger partial charge in [-0.1, -0.05) is 18.5 Å². The van der Waals surface area contributed by atoms with Gasteiger partial charge in [0.1, 0.15) is 0 Å². The van der Waals surface area contributed by atoms with E-state index in [1.54, 1.807) is 36.2 Å². The smallest absolute Gasteiger partial charge is 0.321 e. The molecule has 0 saturated heterocycles. The van der Waals surface area contributed by atoms with Crippen molar-refractivity contribution in [1.82, 2.24) is 4.90 Å². The van der Waals surface area contributed by atoms with E-state index in [9.17, 15) is 4.79 Å². The molecule has 1 rings (SSSR count). The molecule has 2 amide bonds. The topological polar surface area (TPSA) is 32.3 Å². The van der Waals surface area contributed by atoms with Crippen molar-refractivity contribution in [3.05, 3.63) is 29.3 Å². The number of nitrogens with one attached hydrogen (secondary N) is 1. The first kappa shape index (κ1) is 12.8. The fraction of sp³-hybridized carbons (Fsp3) is 0.417. The minimum absolute atomic E-state index is 0.100. The summed E-state index contributed by atoms with van der Waals surface area (Å²) in [5.74, 6) is 0. The lowest BCUT2D eigenvalue weighted by atomic mass is 10.2. The van der Waals surface area contributed by atoms with Crippen LogP contribution in [0.5, 0.6) is 0 Å². The summed E-state index contributed by atoms with van der Waals surface area (Å²) in [6.45, 7) is 4.07. The number of benzene rings is 1. The molecule has 0 unspecified atom stereocenters. The van der Waals surface area contributed by atoms with Gasteiger partial charge in [-0.3, -0.25) is 0 Å². The highest BCUT2D eigenvalue weighted by Crippen LogP contribution is 2.14. The van der Waals surface area contributed by atoms with Crippen molar-refractivity contribution in [2.75, 3.05) is 12.4 Å². The molecule has 0 saturated carbocycles. The first-order valence-electron chi connectivity index (χ1n) is 5.34. The molecule has 0 radical (unpaired) electrons. The molecule has 1 aromatic carbocycles. The molecule has 0 aromatic heterocycles. The molecular weight excluding hydrogens is 224 g/mol. The van der Waals surface area contributed by atoms with Gasteiger partial charge < -0.3 is 10.2 Å². The molecule has 1 atom stereocenters. The van der Waals surface area contributed by atoms with Crippen LogP contribution in [0.4, 0.5) is 10.5 Å². The van der Waals surface area contributed by atoms with Crippen molar-refractivity contribution in [3.63, 3.8) is 0 Å². The van der Waals surface area contributed by atoms with Gasteiger partial charge in [0.25, 0.3) is 0 Å². The van der Waals surface area contributed by atoms with Gasteiger partial charge in [0, 0.05) is 23.8 Å². The molecule has 1 aromatic rings. The fourth-order valence-electron chi connectivity index (χ4n) is 1.22. The summed E-state index contributed by atoms with van der Waals surface area (Å²) in [5.41, 5.74) is 0.754. The van der Waals surface area contributed by atoms with Crippen LogP contribution in [-0.2, 0) is 0 Å². The first-order chi connectivity index (χ1) is 7.54. The fourth-order valence-corrected chi connectivity index (χ4v) is 1.34. The van der Waals surface area contributed by atoms with Gasteiger partial charge in [0.2, 0.25) is 0 Å². The summed E-state index contributed by atoms with van der Waals surface area (Å²) in [5, 5.41) is 3.47. The third-order valence-electron chi connectivity index (χ3n) is 2.67. The zero-order valence-electron chi connectivity index (χ0n) is 9.83. The van der Waals surface area contributed by atoms with E-state index in [-0.39, 0.29) is 12.1 Å². The van der Waals surface area contributed by atoms with Crippen molar-refractivity contribution >= 4 is 23.3 Å². The zero-order chi connectivity index (χ0) is 12.1. The Balaban J connectivity index is 2.60. The Morgan fingerprint density at radius 2 is 2.00 bits per heavy atom. The van der Waals surface area contributed by atoms with Crippen molar-refractivity contribution < 1.29 is 4.79 Å². The number of hydrogen-bond donors (Lipinski definition) is 1. The normalized spacial score (nSPS) is 12.0. The molecule has 16 heavy (non-hydrogen) atoms. The minimum Gasteiger partial charge on any atom is -0.325 e. The average molecular weight is 241 g/mol. The second-order valence-electron chi connectivity index (χ2n) is 3.81. The second-order valence-corrected chi connectivity index (χ2v) is 4.24. The molecule has 0 aliphatic carbocycles. The van der Waals surface area contributed by atoms with Crippen LogP contribution in [0, 0.1) is 0 Å². The van der Waals surface area contributed by atoms with Crippen LogP contribution in [0.3, 0.4) is 0 Å². The predicted octanol–water partition coefficient (Wildman–Crippen LogP) is 3.60. The van der Waals surface area contributed by atoms with Crippen LogP contribution in [0.15, 0.2) is 24.3 Å². The lowest BCUT2D eigenvalue weighted by Gasteiger charge is -2.24. The Labute approximate surface area is 101 Å². The average Bonchev–Trinajstić information content (AvgIpc) is 2.30. The quantitative estimate of drug-likeness (QED) is 0.860. The number of urea groups is 1. The number of halogens is 1. The number of nitrogens with zero attached hydrogens (tertiary/aromatic N) is 1. The highest BCUT2D eigenvalue weighted by Gasteiger charge is 2.13. The summed E-state index contributed by atoms with van der Waals surface area (Å²) >= 11 is 5.76. The van der Waals surface area contributed by atoms with Crippen LogP contribution >= 0.6 is 11.6 Å². The SMILES string of the molecule is CC[C@H](C)N(C)C(=O)Nc1ccc(Cl)cc1. The zero-order valence-corrected chi connectivity index (χ0v) is 10.6. The molecule has 0 spiro atoms. The van der Waals surface area contributed by atoms with Gasteiger partial charge >= 0.3 is 6.03 Å². The minimum atomic E-state index is -0.100. The van der Waals surface area contributed by atoms with Crippen LogP contribution in [0.1, 0.15) is 20.3 Å². The lowest BCUT2D eigenvalue weighted by Crippen LogP contribution is -2.37. The van der Waals surface area contributed by atoms with Crippen LogP contribution in [0.25, 0.3) is 0 Å². The van der Waals surface area contributed by atoms with Crippen molar-refractivity contribution in [2.45, 2.75) is 26.3 Å². The molecule has 0 bridgehead atoms. The summed E-state index contributed by atoms with van der Waals surface area (Å²) in [7, 11) is 1.79. The van der Waals surface area contributed by atoms with Gasteiger partial charge in [0.15, 0.2) is 0 Å². The Morgan fingerprint density at radius 1 is 1.44 bits per heavy atom. The summed E-state index contributed by atoms with van der Waals surface area (Å²) < 4.78 is 0. The van der Waals surface area contributed by atoms with E-state index in [2.05, 4.69) is 12.2 Å². The number of amides is 2. The third-order valence-corrected chi connectivity index (χ3v) is 2.92. The molecule has 88 valence electrons. The van der Waals surface area contributed by atoms with E-state index >= 15 is 0 Å². The summed E-state index contributed by atoms with van der Waals surface area (Å²) in [4.78, 5) is 13.5. The lowest BCUT2D eigenvalue weighted by molar-refractivity contribution is 0.206. The first-order valence-corrected chi connectivity index (χ1v) is 5.71. The number of hydrogen-bond acceptors (Lipinski definition) is 1. The van der Waals surface area contributed by atoms with E-state index in [1.807, 2.05) is 6.92 Å². The van der Waals surface area contributed by atoms with Crippen molar-refractivity contribution in [2.24, 2.45) is 0 Å². The summed E-state index contributed by atoms with van der Waals surface area (Å²) in [6, 6.07) is 7.19. The van der Waals surface area contributed by atoms with E-state index in [0.29, 0.717) is 5.02 Å². The van der Waals surface area contributed by atoms with Crippen molar-refractivity contribution in [1.29, 1.82) is 0 Å².